The molecule has 0 unspecified atom stereocenters. The Labute approximate surface area is 234 Å². The maximum Gasteiger partial charge on any atom is 0.253 e. The van der Waals surface area contributed by atoms with Crippen LogP contribution in [0.25, 0.3) is 10.7 Å². The number of carbonyl (C=O) groups is 2. The molecule has 1 aliphatic rings. The number of ether oxygens (including phenoxy) is 3. The lowest BCUT2D eigenvalue weighted by Crippen LogP contribution is -2.30. The van der Waals surface area contributed by atoms with Crippen molar-refractivity contribution < 1.29 is 23.8 Å². The second-order valence-electron chi connectivity index (χ2n) is 9.36. The number of pyridine rings is 2. The number of hydrogen-bond donors (Lipinski definition) is 1. The molecule has 2 amide bonds. The molecule has 5 heterocycles. The average molecular weight is 564 g/mol. The van der Waals surface area contributed by atoms with Gasteiger partial charge in [0, 0.05) is 43.5 Å². The summed E-state index contributed by atoms with van der Waals surface area (Å²) in [5.41, 5.74) is 3.15. The Hall–Kier alpha value is -4.36. The predicted octanol–water partition coefficient (Wildman–Crippen LogP) is 2.95. The molecule has 13 heteroatoms. The van der Waals surface area contributed by atoms with Gasteiger partial charge in [-0.2, -0.15) is 5.10 Å². The summed E-state index contributed by atoms with van der Waals surface area (Å²) in [6, 6.07) is 7.33. The minimum Gasteiger partial charge on any atom is -0.488 e. The molecule has 1 fully saturated rings. The maximum atomic E-state index is 12.8. The number of methoxy groups -OCH3 is 1. The number of amides is 2. The van der Waals surface area contributed by atoms with Crippen LogP contribution in [0.2, 0.25) is 0 Å². The number of aromatic nitrogens is 5. The van der Waals surface area contributed by atoms with Gasteiger partial charge in [-0.1, -0.05) is 6.07 Å². The fourth-order valence-electron chi connectivity index (χ4n) is 4.05. The zero-order valence-corrected chi connectivity index (χ0v) is 23.1. The zero-order chi connectivity index (χ0) is 28.1. The molecule has 0 bridgehead atoms. The van der Waals surface area contributed by atoms with E-state index in [-0.39, 0.29) is 31.1 Å². The van der Waals surface area contributed by atoms with Crippen molar-refractivity contribution in [1.29, 1.82) is 0 Å². The van der Waals surface area contributed by atoms with Gasteiger partial charge in [0.05, 0.1) is 43.5 Å². The van der Waals surface area contributed by atoms with Crippen molar-refractivity contribution in [3.8, 4) is 22.3 Å². The number of nitrogens with one attached hydrogen (secondary N) is 1. The van der Waals surface area contributed by atoms with Crippen LogP contribution in [0, 0.1) is 6.92 Å². The lowest BCUT2D eigenvalue weighted by Gasteiger charge is -2.15. The quantitative estimate of drug-likeness (QED) is 0.309. The van der Waals surface area contributed by atoms with Gasteiger partial charge in [-0.3, -0.25) is 19.3 Å². The topological polar surface area (TPSA) is 134 Å². The van der Waals surface area contributed by atoms with Crippen molar-refractivity contribution in [2.75, 3.05) is 26.1 Å². The summed E-state index contributed by atoms with van der Waals surface area (Å²) in [7, 11) is 3.25. The highest BCUT2D eigenvalue weighted by Gasteiger charge is 2.32. The summed E-state index contributed by atoms with van der Waals surface area (Å²) >= 11 is 1.49. The zero-order valence-electron chi connectivity index (χ0n) is 22.3. The highest BCUT2D eigenvalue weighted by Crippen LogP contribution is 2.24. The molecule has 0 aliphatic carbocycles. The SMILES string of the molecule is COc1cc(O[C@@H]2CO[C@@H](C(=O)Nc3cnn(CC(=O)N(C)Cc4csc(-c5ccc(C)cn5)n4)c3)C2)ccn1. The molecule has 1 aliphatic heterocycles. The Morgan fingerprint density at radius 3 is 2.92 bits per heavy atom. The number of thiazole rings is 1. The summed E-state index contributed by atoms with van der Waals surface area (Å²) in [5.74, 6) is 0.593. The molecule has 0 aromatic carbocycles. The fourth-order valence-corrected chi connectivity index (χ4v) is 4.84. The number of hydrogen-bond acceptors (Lipinski definition) is 10. The first-order valence-electron chi connectivity index (χ1n) is 12.6. The first-order chi connectivity index (χ1) is 19.4. The van der Waals surface area contributed by atoms with E-state index in [1.54, 1.807) is 42.7 Å². The molecule has 2 atom stereocenters. The number of likely N-dealkylation sites (N-methyl/N-ethyl adjacent to an activating group) is 1. The van der Waals surface area contributed by atoms with Crippen LogP contribution in [0.5, 0.6) is 11.6 Å². The number of anilines is 1. The fraction of sp³-hybridized carbons (Fsp3) is 0.333. The molecular weight excluding hydrogens is 534 g/mol. The number of carbonyl (C=O) groups excluding carboxylic acids is 2. The van der Waals surface area contributed by atoms with Gasteiger partial charge in [0.2, 0.25) is 11.8 Å². The van der Waals surface area contributed by atoms with Gasteiger partial charge in [0.25, 0.3) is 5.91 Å². The van der Waals surface area contributed by atoms with Crippen LogP contribution in [0.15, 0.2) is 54.4 Å². The summed E-state index contributed by atoms with van der Waals surface area (Å²) in [6.07, 6.45) is 5.96. The van der Waals surface area contributed by atoms with E-state index in [9.17, 15) is 9.59 Å². The van der Waals surface area contributed by atoms with E-state index in [0.717, 1.165) is 22.0 Å². The van der Waals surface area contributed by atoms with Crippen LogP contribution in [0.1, 0.15) is 17.7 Å². The van der Waals surface area contributed by atoms with Crippen molar-refractivity contribution in [3.05, 3.63) is 65.7 Å². The monoisotopic (exact) mass is 563 g/mol. The van der Waals surface area contributed by atoms with E-state index in [0.29, 0.717) is 30.3 Å². The Morgan fingerprint density at radius 1 is 1.25 bits per heavy atom. The van der Waals surface area contributed by atoms with Gasteiger partial charge < -0.3 is 24.4 Å². The Bertz CT molecular complexity index is 1470. The third-order valence-corrected chi connectivity index (χ3v) is 7.09. The third kappa shape index (κ3) is 6.79. The van der Waals surface area contributed by atoms with Crippen LogP contribution in [-0.4, -0.2) is 74.4 Å². The maximum absolute atomic E-state index is 12.8. The van der Waals surface area contributed by atoms with E-state index >= 15 is 0 Å². The second kappa shape index (κ2) is 12.2. The standard InChI is InChI=1S/C27H29N7O5S/c1-17-4-5-22(29-10-17)27-32-19(16-40-27)12-33(2)25(35)14-34-13-18(11-30-34)31-26(36)23-8-21(15-38-23)39-20-6-7-28-24(9-20)37-3/h4-7,9-11,13,16,21,23H,8,12,14-15H2,1-3H3,(H,31,36)/t21-,23+/m0/s1. The second-order valence-corrected chi connectivity index (χ2v) is 10.2. The van der Waals surface area contributed by atoms with Crippen LogP contribution in [0.4, 0.5) is 5.69 Å². The van der Waals surface area contributed by atoms with Gasteiger partial charge in [0.1, 0.15) is 29.5 Å². The lowest BCUT2D eigenvalue weighted by atomic mass is 10.2. The van der Waals surface area contributed by atoms with Crippen LogP contribution < -0.4 is 14.8 Å². The van der Waals surface area contributed by atoms with Crippen molar-refractivity contribution in [1.82, 2.24) is 29.6 Å². The third-order valence-electron chi connectivity index (χ3n) is 6.18. The molecule has 0 saturated carbocycles. The van der Waals surface area contributed by atoms with Gasteiger partial charge >= 0.3 is 0 Å². The summed E-state index contributed by atoms with van der Waals surface area (Å²) in [5, 5.41) is 9.75. The minimum absolute atomic E-state index is 0.0219. The highest BCUT2D eigenvalue weighted by atomic mass is 32.1. The Kier molecular flexibility index (Phi) is 8.31. The lowest BCUT2D eigenvalue weighted by molar-refractivity contribution is -0.131. The van der Waals surface area contributed by atoms with Gasteiger partial charge in [-0.05, 0) is 24.6 Å². The molecule has 5 rings (SSSR count). The predicted molar refractivity (Wildman–Crippen MR) is 147 cm³/mol. The van der Waals surface area contributed by atoms with Crippen molar-refractivity contribution in [2.24, 2.45) is 0 Å². The molecule has 0 spiro atoms. The number of nitrogens with zero attached hydrogens (tertiary/aromatic N) is 6. The minimum atomic E-state index is -0.664. The van der Waals surface area contributed by atoms with Crippen molar-refractivity contribution in [3.63, 3.8) is 0 Å². The number of rotatable bonds is 10. The van der Waals surface area contributed by atoms with Crippen molar-refractivity contribution in [2.45, 2.75) is 38.6 Å². The molecule has 4 aromatic heterocycles. The highest BCUT2D eigenvalue weighted by molar-refractivity contribution is 7.13. The summed E-state index contributed by atoms with van der Waals surface area (Å²) in [4.78, 5) is 40.2. The molecule has 208 valence electrons. The van der Waals surface area contributed by atoms with Crippen LogP contribution >= 0.6 is 11.3 Å². The molecule has 0 radical (unpaired) electrons. The number of aryl methyl sites for hydroxylation is 1. The van der Waals surface area contributed by atoms with Gasteiger partial charge in [-0.25, -0.2) is 9.97 Å². The molecule has 1 N–H and O–H groups in total. The summed E-state index contributed by atoms with van der Waals surface area (Å²) in [6.45, 7) is 2.65. The molecule has 1 saturated heterocycles. The summed E-state index contributed by atoms with van der Waals surface area (Å²) < 4.78 is 18.1. The molecule has 4 aromatic rings. The smallest absolute Gasteiger partial charge is 0.253 e. The van der Waals surface area contributed by atoms with Crippen molar-refractivity contribution >= 4 is 28.8 Å². The Morgan fingerprint density at radius 2 is 2.12 bits per heavy atom. The molecular formula is C27H29N7O5S. The molecule has 12 nitrogen and oxygen atoms in total. The average Bonchev–Trinajstić information content (AvgIpc) is 3.71. The molecule has 40 heavy (non-hydrogen) atoms. The normalized spacial score (nSPS) is 16.5. The Balaban J connectivity index is 1.09. The van der Waals surface area contributed by atoms with Crippen LogP contribution in [-0.2, 0) is 27.4 Å². The van der Waals surface area contributed by atoms with E-state index in [2.05, 4.69) is 25.4 Å². The first kappa shape index (κ1) is 27.2. The van der Waals surface area contributed by atoms with E-state index in [1.807, 2.05) is 24.4 Å². The van der Waals surface area contributed by atoms with Gasteiger partial charge in [0.15, 0.2) is 0 Å². The van der Waals surface area contributed by atoms with E-state index in [4.69, 9.17) is 14.2 Å². The largest absolute Gasteiger partial charge is 0.488 e. The van der Waals surface area contributed by atoms with E-state index in [1.165, 1.54) is 29.3 Å². The van der Waals surface area contributed by atoms with E-state index < -0.39 is 6.10 Å². The van der Waals surface area contributed by atoms with Gasteiger partial charge in [-0.15, -0.1) is 11.3 Å². The first-order valence-corrected chi connectivity index (χ1v) is 13.5. The van der Waals surface area contributed by atoms with Crippen LogP contribution in [0.3, 0.4) is 0 Å².